The number of allylic oxidation sites excluding steroid dienone is 1. The fourth-order valence-electron chi connectivity index (χ4n) is 3.82. The Kier molecular flexibility index (Phi) is 8.01. The van der Waals surface area contributed by atoms with Gasteiger partial charge >= 0.3 is 0 Å². The fraction of sp³-hybridized carbons (Fsp3) is 0.370. The third-order valence-corrected chi connectivity index (χ3v) is 5.44. The van der Waals surface area contributed by atoms with Gasteiger partial charge in [-0.05, 0) is 38.3 Å². The van der Waals surface area contributed by atoms with Crippen LogP contribution < -0.4 is 0 Å². The molecule has 0 saturated heterocycles. The van der Waals surface area contributed by atoms with Crippen LogP contribution in [-0.4, -0.2) is 17.2 Å². The number of carbonyl (C=O) groups excluding carboxylic acids is 1. The second kappa shape index (κ2) is 10.2. The molecule has 0 fully saturated rings. The van der Waals surface area contributed by atoms with Crippen molar-refractivity contribution in [2.45, 2.75) is 60.4 Å². The molecule has 0 amide bonds. The van der Waals surface area contributed by atoms with Gasteiger partial charge in [0.1, 0.15) is 0 Å². The Labute approximate surface area is 177 Å². The molecule has 2 nitrogen and oxygen atoms in total. The van der Waals surface area contributed by atoms with E-state index >= 15 is 0 Å². The minimum absolute atomic E-state index is 0.0576. The zero-order chi connectivity index (χ0) is 21.6. The standard InChI is InChI=1S/C25H29NO.C2H6/c1-6-7-15-26-20(5)19(4)23(24(26)22-10-8-9-18(3)16-22)25(27)21-13-11-17(2)12-14-21;1-2/h8-14,16,24H,5-7,15H2,1-4H3;1-2H3. The number of rotatable bonds is 6. The number of carbonyl (C=O) groups is 1. The molecule has 2 aromatic rings. The summed E-state index contributed by atoms with van der Waals surface area (Å²) in [4.78, 5) is 15.8. The van der Waals surface area contributed by atoms with E-state index in [2.05, 4.69) is 49.6 Å². The molecule has 154 valence electrons. The van der Waals surface area contributed by atoms with E-state index in [0.717, 1.165) is 47.4 Å². The highest BCUT2D eigenvalue weighted by Gasteiger charge is 2.37. The molecule has 1 aliphatic heterocycles. The van der Waals surface area contributed by atoms with E-state index in [-0.39, 0.29) is 11.8 Å². The first-order valence-corrected chi connectivity index (χ1v) is 10.8. The minimum Gasteiger partial charge on any atom is -0.360 e. The molecule has 0 N–H and O–H groups in total. The zero-order valence-corrected chi connectivity index (χ0v) is 18.9. The van der Waals surface area contributed by atoms with Crippen LogP contribution in [0.4, 0.5) is 0 Å². The maximum Gasteiger partial charge on any atom is 0.191 e. The molecule has 2 heteroatoms. The van der Waals surface area contributed by atoms with Gasteiger partial charge in [-0.3, -0.25) is 4.79 Å². The third-order valence-electron chi connectivity index (χ3n) is 5.44. The predicted molar refractivity (Wildman–Crippen MR) is 124 cm³/mol. The summed E-state index contributed by atoms with van der Waals surface area (Å²) >= 11 is 0. The lowest BCUT2D eigenvalue weighted by Gasteiger charge is -2.30. The first kappa shape index (κ1) is 22.7. The van der Waals surface area contributed by atoms with E-state index in [1.807, 2.05) is 52.0 Å². The Morgan fingerprint density at radius 3 is 2.24 bits per heavy atom. The molecule has 3 rings (SSSR count). The summed E-state index contributed by atoms with van der Waals surface area (Å²) in [5.41, 5.74) is 7.14. The van der Waals surface area contributed by atoms with Crippen LogP contribution in [0.15, 0.2) is 72.0 Å². The lowest BCUT2D eigenvalue weighted by molar-refractivity contribution is 0.101. The number of unbranched alkanes of at least 4 members (excludes halogenated alkanes) is 1. The van der Waals surface area contributed by atoms with Crippen LogP contribution in [-0.2, 0) is 0 Å². The summed E-state index contributed by atoms with van der Waals surface area (Å²) in [6.07, 6.45) is 2.20. The highest BCUT2D eigenvalue weighted by atomic mass is 16.1. The van der Waals surface area contributed by atoms with Gasteiger partial charge in [0.05, 0.1) is 6.04 Å². The molecule has 0 aliphatic carbocycles. The van der Waals surface area contributed by atoms with Crippen LogP contribution >= 0.6 is 0 Å². The van der Waals surface area contributed by atoms with E-state index in [1.165, 1.54) is 11.1 Å². The molecule has 0 radical (unpaired) electrons. The first-order valence-electron chi connectivity index (χ1n) is 10.8. The molecule has 0 bridgehead atoms. The SMILES string of the molecule is C=C1C(C)=C(C(=O)c2ccc(C)cc2)C(c2cccc(C)c2)N1CCCC.CC. The van der Waals surface area contributed by atoms with Gasteiger partial charge in [-0.2, -0.15) is 0 Å². The van der Waals surface area contributed by atoms with Crippen molar-refractivity contribution in [1.82, 2.24) is 4.90 Å². The number of aryl methyl sites for hydroxylation is 2. The molecular weight excluding hydrogens is 354 g/mol. The van der Waals surface area contributed by atoms with Crippen LogP contribution in [0.25, 0.3) is 0 Å². The monoisotopic (exact) mass is 389 g/mol. The van der Waals surface area contributed by atoms with E-state index in [9.17, 15) is 4.79 Å². The highest BCUT2D eigenvalue weighted by molar-refractivity contribution is 6.11. The molecule has 2 aromatic carbocycles. The van der Waals surface area contributed by atoms with Crippen molar-refractivity contribution in [1.29, 1.82) is 0 Å². The number of hydrogen-bond acceptors (Lipinski definition) is 2. The van der Waals surface area contributed by atoms with Crippen molar-refractivity contribution < 1.29 is 4.79 Å². The van der Waals surface area contributed by atoms with Gasteiger partial charge in [0.25, 0.3) is 0 Å². The molecule has 0 saturated carbocycles. The van der Waals surface area contributed by atoms with Crippen molar-refractivity contribution in [3.63, 3.8) is 0 Å². The van der Waals surface area contributed by atoms with Crippen molar-refractivity contribution in [3.05, 3.63) is 94.2 Å². The second-order valence-corrected chi connectivity index (χ2v) is 7.54. The third kappa shape index (κ3) is 4.87. The van der Waals surface area contributed by atoms with E-state index in [0.29, 0.717) is 0 Å². The maximum atomic E-state index is 13.5. The molecule has 29 heavy (non-hydrogen) atoms. The van der Waals surface area contributed by atoms with Crippen molar-refractivity contribution in [3.8, 4) is 0 Å². The Balaban J connectivity index is 0.00000145. The van der Waals surface area contributed by atoms with Crippen LogP contribution in [0.2, 0.25) is 0 Å². The van der Waals surface area contributed by atoms with Gasteiger partial charge in [0, 0.05) is 23.4 Å². The number of ketones is 1. The molecular formula is C27H35NO. The van der Waals surface area contributed by atoms with Crippen LogP contribution in [0.5, 0.6) is 0 Å². The van der Waals surface area contributed by atoms with Gasteiger partial charge in [-0.1, -0.05) is 93.4 Å². The highest BCUT2D eigenvalue weighted by Crippen LogP contribution is 2.44. The average Bonchev–Trinajstić information content (AvgIpc) is 2.98. The Morgan fingerprint density at radius 1 is 1.00 bits per heavy atom. The predicted octanol–water partition coefficient (Wildman–Crippen LogP) is 7.20. The van der Waals surface area contributed by atoms with Gasteiger partial charge < -0.3 is 4.90 Å². The number of nitrogens with zero attached hydrogens (tertiary/aromatic N) is 1. The lowest BCUT2D eigenvalue weighted by atomic mass is 9.90. The summed E-state index contributed by atoms with van der Waals surface area (Å²) in [5, 5.41) is 0. The van der Waals surface area contributed by atoms with Crippen LogP contribution in [0, 0.1) is 13.8 Å². The zero-order valence-electron chi connectivity index (χ0n) is 18.9. The summed E-state index contributed by atoms with van der Waals surface area (Å²) in [6.45, 7) is 17.6. The normalized spacial score (nSPS) is 16.0. The first-order chi connectivity index (χ1) is 13.9. The molecule has 1 aliphatic rings. The largest absolute Gasteiger partial charge is 0.360 e. The van der Waals surface area contributed by atoms with Crippen molar-refractivity contribution >= 4 is 5.78 Å². The van der Waals surface area contributed by atoms with Crippen molar-refractivity contribution in [2.24, 2.45) is 0 Å². The molecule has 0 aromatic heterocycles. The molecule has 1 unspecified atom stereocenters. The number of Topliss-reactive ketones (excluding diaryl/α,β-unsaturated/α-hetero) is 1. The quantitative estimate of drug-likeness (QED) is 0.487. The average molecular weight is 390 g/mol. The van der Waals surface area contributed by atoms with Gasteiger partial charge in [-0.25, -0.2) is 0 Å². The van der Waals surface area contributed by atoms with E-state index < -0.39 is 0 Å². The Bertz CT molecular complexity index is 889. The van der Waals surface area contributed by atoms with Crippen LogP contribution in [0.1, 0.15) is 73.6 Å². The van der Waals surface area contributed by atoms with Gasteiger partial charge in [-0.15, -0.1) is 0 Å². The number of hydrogen-bond donors (Lipinski definition) is 0. The summed E-state index contributed by atoms with van der Waals surface area (Å²) in [5.74, 6) is 0.110. The molecule has 1 atom stereocenters. The van der Waals surface area contributed by atoms with Crippen LogP contribution in [0.3, 0.4) is 0 Å². The molecule has 1 heterocycles. The second-order valence-electron chi connectivity index (χ2n) is 7.54. The summed E-state index contributed by atoms with van der Waals surface area (Å²) < 4.78 is 0. The summed E-state index contributed by atoms with van der Waals surface area (Å²) in [7, 11) is 0. The van der Waals surface area contributed by atoms with Gasteiger partial charge in [0.2, 0.25) is 0 Å². The topological polar surface area (TPSA) is 20.3 Å². The van der Waals surface area contributed by atoms with Gasteiger partial charge in [0.15, 0.2) is 5.78 Å². The molecule has 0 spiro atoms. The van der Waals surface area contributed by atoms with E-state index in [1.54, 1.807) is 0 Å². The summed E-state index contributed by atoms with van der Waals surface area (Å²) in [6, 6.07) is 16.3. The minimum atomic E-state index is -0.0576. The Morgan fingerprint density at radius 2 is 1.66 bits per heavy atom. The number of benzene rings is 2. The lowest BCUT2D eigenvalue weighted by Crippen LogP contribution is -2.27. The smallest absolute Gasteiger partial charge is 0.191 e. The fourth-order valence-corrected chi connectivity index (χ4v) is 3.82. The van der Waals surface area contributed by atoms with Crippen molar-refractivity contribution in [2.75, 3.05) is 6.54 Å². The van der Waals surface area contributed by atoms with E-state index in [4.69, 9.17) is 0 Å². The maximum absolute atomic E-state index is 13.5. The Hall–Kier alpha value is -2.61.